The minimum atomic E-state index is -0.672. The number of nitrogens with two attached hydrogens (primary N) is 2. The Kier molecular flexibility index (Phi) is 1.26. The van der Waals surface area contributed by atoms with E-state index in [0.29, 0.717) is 0 Å². The molecule has 1 aliphatic rings. The fourth-order valence-corrected chi connectivity index (χ4v) is 0.588. The maximum absolute atomic E-state index is 10.4. The summed E-state index contributed by atoms with van der Waals surface area (Å²) in [4.78, 5) is 14.0. The molecule has 0 saturated heterocycles. The van der Waals surface area contributed by atoms with Crippen LogP contribution in [0.5, 0.6) is 0 Å². The fourth-order valence-electron chi connectivity index (χ4n) is 0.588. The van der Waals surface area contributed by atoms with Crippen LogP contribution < -0.4 is 11.5 Å². The molecule has 1 aliphatic heterocycles. The van der Waals surface area contributed by atoms with Crippen molar-refractivity contribution >= 4 is 17.5 Å². The number of rotatable bonds is 1. The van der Waals surface area contributed by atoms with Crippen molar-refractivity contribution in [2.45, 2.75) is 0 Å². The Balaban J connectivity index is 2.92. The van der Waals surface area contributed by atoms with Crippen molar-refractivity contribution in [3.05, 3.63) is 11.8 Å². The van der Waals surface area contributed by atoms with Gasteiger partial charge in [-0.25, -0.2) is 4.99 Å². The first-order valence-corrected chi connectivity index (χ1v) is 2.55. The number of amidine groups is 1. The zero-order chi connectivity index (χ0) is 7.72. The Hall–Kier alpha value is -1.65. The molecule has 0 aromatic heterocycles. The number of carbonyl (C=O) groups excluding carboxylic acids is 1. The second kappa shape index (κ2) is 1.94. The van der Waals surface area contributed by atoms with Crippen LogP contribution in [0.4, 0.5) is 0 Å². The summed E-state index contributed by atoms with van der Waals surface area (Å²) in [7, 11) is 0. The minimum absolute atomic E-state index is 0.0359. The van der Waals surface area contributed by atoms with Crippen LogP contribution in [-0.4, -0.2) is 17.5 Å². The molecule has 10 heavy (non-hydrogen) atoms. The molecule has 0 aromatic carbocycles. The lowest BCUT2D eigenvalue weighted by molar-refractivity contribution is -0.114. The Morgan fingerprint density at radius 3 is 2.50 bits per heavy atom. The SMILES string of the molecule is N=C1C(C(N)=O)=CN=C1N. The molecule has 5 nitrogen and oxygen atoms in total. The maximum atomic E-state index is 10.4. The number of nitrogens with zero attached hydrogens (tertiary/aromatic N) is 1. The molecule has 0 spiro atoms. The number of amides is 1. The average molecular weight is 138 g/mol. The smallest absolute Gasteiger partial charge is 0.252 e. The summed E-state index contributed by atoms with van der Waals surface area (Å²) < 4.78 is 0. The van der Waals surface area contributed by atoms with E-state index in [9.17, 15) is 4.79 Å². The Morgan fingerprint density at radius 1 is 1.70 bits per heavy atom. The van der Waals surface area contributed by atoms with E-state index in [1.165, 1.54) is 6.20 Å². The zero-order valence-corrected chi connectivity index (χ0v) is 5.09. The van der Waals surface area contributed by atoms with Crippen molar-refractivity contribution in [2.75, 3.05) is 0 Å². The number of aliphatic imine (C=N–C) groups is 1. The minimum Gasteiger partial charge on any atom is -0.382 e. The lowest BCUT2D eigenvalue weighted by atomic mass is 10.2. The van der Waals surface area contributed by atoms with Crippen molar-refractivity contribution in [1.29, 1.82) is 5.41 Å². The molecule has 0 aromatic rings. The van der Waals surface area contributed by atoms with Gasteiger partial charge in [-0.1, -0.05) is 0 Å². The van der Waals surface area contributed by atoms with Crippen molar-refractivity contribution in [1.82, 2.24) is 0 Å². The molecule has 0 aliphatic carbocycles. The highest BCUT2D eigenvalue weighted by atomic mass is 16.1. The van der Waals surface area contributed by atoms with Crippen LogP contribution in [0, 0.1) is 5.41 Å². The van der Waals surface area contributed by atoms with Gasteiger partial charge in [0, 0.05) is 6.20 Å². The van der Waals surface area contributed by atoms with E-state index in [1.54, 1.807) is 0 Å². The summed E-state index contributed by atoms with van der Waals surface area (Å²) in [5, 5.41) is 7.12. The lowest BCUT2D eigenvalue weighted by Crippen LogP contribution is -2.27. The van der Waals surface area contributed by atoms with Gasteiger partial charge >= 0.3 is 0 Å². The lowest BCUT2D eigenvalue weighted by Gasteiger charge is -1.94. The third kappa shape index (κ3) is 0.771. The molecule has 1 amide bonds. The zero-order valence-electron chi connectivity index (χ0n) is 5.09. The summed E-state index contributed by atoms with van der Waals surface area (Å²) in [6.45, 7) is 0. The second-order valence-electron chi connectivity index (χ2n) is 1.80. The van der Waals surface area contributed by atoms with E-state index in [1.807, 2.05) is 0 Å². The van der Waals surface area contributed by atoms with Crippen LogP contribution in [0.15, 0.2) is 16.8 Å². The molecule has 0 atom stereocenters. The monoisotopic (exact) mass is 138 g/mol. The van der Waals surface area contributed by atoms with Gasteiger partial charge in [-0.3, -0.25) is 10.2 Å². The summed E-state index contributed by atoms with van der Waals surface area (Å²) in [5.74, 6) is -0.636. The number of carbonyl (C=O) groups is 1. The Labute approximate surface area is 56.9 Å². The molecule has 0 bridgehead atoms. The van der Waals surface area contributed by atoms with Gasteiger partial charge in [-0.2, -0.15) is 0 Å². The topological polar surface area (TPSA) is 105 Å². The van der Waals surface area contributed by atoms with Crippen LogP contribution >= 0.6 is 0 Å². The van der Waals surface area contributed by atoms with Gasteiger partial charge in [0.25, 0.3) is 5.91 Å². The number of primary amides is 1. The molecule has 0 saturated carbocycles. The van der Waals surface area contributed by atoms with E-state index < -0.39 is 5.91 Å². The van der Waals surface area contributed by atoms with E-state index in [0.717, 1.165) is 0 Å². The van der Waals surface area contributed by atoms with Crippen molar-refractivity contribution in [2.24, 2.45) is 16.5 Å². The molecule has 0 radical (unpaired) electrons. The first kappa shape index (κ1) is 6.47. The number of nitrogens with one attached hydrogen (secondary N) is 1. The van der Waals surface area contributed by atoms with Crippen LogP contribution in [0.3, 0.4) is 0 Å². The molecular formula is C5H6N4O. The number of hydrogen-bond donors (Lipinski definition) is 3. The maximum Gasteiger partial charge on any atom is 0.252 e. The largest absolute Gasteiger partial charge is 0.382 e. The van der Waals surface area contributed by atoms with E-state index >= 15 is 0 Å². The number of hydrogen-bond acceptors (Lipinski definition) is 4. The molecule has 1 rings (SSSR count). The highest BCUT2D eigenvalue weighted by Gasteiger charge is 2.18. The first-order chi connectivity index (χ1) is 4.63. The molecule has 52 valence electrons. The molecule has 5 heteroatoms. The normalized spacial score (nSPS) is 16.6. The van der Waals surface area contributed by atoms with Crippen LogP contribution in [-0.2, 0) is 4.79 Å². The third-order valence-electron chi connectivity index (χ3n) is 1.12. The Bertz CT molecular complexity index is 263. The van der Waals surface area contributed by atoms with Gasteiger partial charge in [0.1, 0.15) is 11.5 Å². The molecule has 1 heterocycles. The van der Waals surface area contributed by atoms with Gasteiger partial charge < -0.3 is 11.5 Å². The van der Waals surface area contributed by atoms with E-state index in [2.05, 4.69) is 4.99 Å². The van der Waals surface area contributed by atoms with Gasteiger partial charge in [0.2, 0.25) is 0 Å². The molecule has 0 fully saturated rings. The highest BCUT2D eigenvalue weighted by Crippen LogP contribution is 2.03. The summed E-state index contributed by atoms with van der Waals surface area (Å²) >= 11 is 0. The predicted octanol–water partition coefficient (Wildman–Crippen LogP) is -1.25. The fraction of sp³-hybridized carbons (Fsp3) is 0. The van der Waals surface area contributed by atoms with Crippen LogP contribution in [0.25, 0.3) is 0 Å². The van der Waals surface area contributed by atoms with Gasteiger partial charge in [-0.15, -0.1) is 0 Å². The first-order valence-electron chi connectivity index (χ1n) is 2.55. The van der Waals surface area contributed by atoms with Gasteiger partial charge in [0.15, 0.2) is 0 Å². The van der Waals surface area contributed by atoms with Gasteiger partial charge in [0.05, 0.1) is 5.57 Å². The predicted molar refractivity (Wildman–Crippen MR) is 36.6 cm³/mol. The molecule has 0 unspecified atom stereocenters. The van der Waals surface area contributed by atoms with Gasteiger partial charge in [-0.05, 0) is 0 Å². The molecule has 5 N–H and O–H groups in total. The van der Waals surface area contributed by atoms with E-state index in [-0.39, 0.29) is 17.1 Å². The Morgan fingerprint density at radius 2 is 2.30 bits per heavy atom. The second-order valence-corrected chi connectivity index (χ2v) is 1.80. The molecular weight excluding hydrogens is 132 g/mol. The standard InChI is InChI=1S/C5H6N4O/c6-3-2(5(8)10)1-9-4(3)7/h1H,(H2,8,10)(H3,6,7,9). The summed E-state index contributed by atoms with van der Waals surface area (Å²) in [6, 6.07) is 0. The van der Waals surface area contributed by atoms with E-state index in [4.69, 9.17) is 16.9 Å². The van der Waals surface area contributed by atoms with Crippen molar-refractivity contribution in [3.8, 4) is 0 Å². The quantitative estimate of drug-likeness (QED) is 0.421. The summed E-state index contributed by atoms with van der Waals surface area (Å²) in [5.41, 5.74) is 10.0. The third-order valence-corrected chi connectivity index (χ3v) is 1.12. The van der Waals surface area contributed by atoms with Crippen LogP contribution in [0.2, 0.25) is 0 Å². The highest BCUT2D eigenvalue weighted by molar-refractivity contribution is 6.53. The van der Waals surface area contributed by atoms with Crippen molar-refractivity contribution in [3.63, 3.8) is 0 Å². The average Bonchev–Trinajstić information content (AvgIpc) is 2.14. The van der Waals surface area contributed by atoms with Crippen LogP contribution in [0.1, 0.15) is 0 Å². The summed E-state index contributed by atoms with van der Waals surface area (Å²) in [6.07, 6.45) is 1.19. The van der Waals surface area contributed by atoms with Crippen molar-refractivity contribution < 1.29 is 4.79 Å².